The van der Waals surface area contributed by atoms with E-state index in [4.69, 9.17) is 9.47 Å². The molecule has 170 valence electrons. The number of hydrogen-bond donors (Lipinski definition) is 3. The second-order valence-electron chi connectivity index (χ2n) is 7.34. The molecule has 31 heavy (non-hydrogen) atoms. The van der Waals surface area contributed by atoms with Gasteiger partial charge in [-0.15, -0.1) is 24.0 Å². The molecule has 8 nitrogen and oxygen atoms in total. The number of nitrogens with one attached hydrogen (secondary N) is 3. The van der Waals surface area contributed by atoms with Crippen molar-refractivity contribution in [2.45, 2.75) is 32.9 Å². The van der Waals surface area contributed by atoms with Gasteiger partial charge in [-0.1, -0.05) is 6.07 Å². The number of alkyl carbamates (subject to hydrolysis) is 1. The molecule has 2 aromatic rings. The Hall–Kier alpha value is -2.63. The molecule has 3 N–H and O–H groups in total. The van der Waals surface area contributed by atoms with Crippen molar-refractivity contribution in [2.24, 2.45) is 4.99 Å². The van der Waals surface area contributed by atoms with E-state index in [1.165, 1.54) is 12.1 Å². The molecular formula is C21H29FIN5O3. The summed E-state index contributed by atoms with van der Waals surface area (Å²) in [6, 6.07) is 9.35. The minimum absolute atomic E-state index is 0. The Morgan fingerprint density at radius 3 is 2.32 bits per heavy atom. The zero-order valence-electron chi connectivity index (χ0n) is 18.1. The topological polar surface area (TPSA) is 96.9 Å². The number of aliphatic imine (C=N–C) groups is 1. The number of amides is 1. The molecule has 1 aromatic heterocycles. The Kier molecular flexibility index (Phi) is 11.0. The third-order valence-electron chi connectivity index (χ3n) is 3.60. The molecule has 0 unspecified atom stereocenters. The van der Waals surface area contributed by atoms with Crippen molar-refractivity contribution in [2.75, 3.05) is 20.1 Å². The fourth-order valence-electron chi connectivity index (χ4n) is 2.27. The number of aromatic nitrogens is 1. The Balaban J connectivity index is 0.00000480. The second kappa shape index (κ2) is 12.9. The van der Waals surface area contributed by atoms with E-state index in [-0.39, 0.29) is 29.8 Å². The summed E-state index contributed by atoms with van der Waals surface area (Å²) in [5.41, 5.74) is 0.402. The lowest BCUT2D eigenvalue weighted by Gasteiger charge is -2.19. The number of carbonyl (C=O) groups excluding carboxylic acids is 1. The molecule has 0 aliphatic carbocycles. The van der Waals surface area contributed by atoms with Crippen molar-refractivity contribution in [1.82, 2.24) is 20.9 Å². The molecule has 1 aromatic carbocycles. The monoisotopic (exact) mass is 545 g/mol. The number of nitrogens with zero attached hydrogens (tertiary/aromatic N) is 2. The Labute approximate surface area is 199 Å². The van der Waals surface area contributed by atoms with E-state index < -0.39 is 11.7 Å². The minimum Gasteiger partial charge on any atom is -0.444 e. The van der Waals surface area contributed by atoms with Crippen LogP contribution in [-0.4, -0.2) is 42.8 Å². The molecule has 0 aliphatic heterocycles. The highest BCUT2D eigenvalue weighted by atomic mass is 127. The van der Waals surface area contributed by atoms with Crippen LogP contribution in [0.2, 0.25) is 0 Å². The average molecular weight is 545 g/mol. The van der Waals surface area contributed by atoms with Gasteiger partial charge in [-0.25, -0.2) is 14.2 Å². The highest BCUT2D eigenvalue weighted by molar-refractivity contribution is 14.0. The van der Waals surface area contributed by atoms with E-state index in [9.17, 15) is 9.18 Å². The van der Waals surface area contributed by atoms with Gasteiger partial charge in [0.25, 0.3) is 0 Å². The van der Waals surface area contributed by atoms with Crippen molar-refractivity contribution >= 4 is 36.0 Å². The Morgan fingerprint density at radius 2 is 1.74 bits per heavy atom. The predicted molar refractivity (Wildman–Crippen MR) is 129 cm³/mol. The highest BCUT2D eigenvalue weighted by Gasteiger charge is 2.15. The number of carbonyl (C=O) groups is 1. The maximum Gasteiger partial charge on any atom is 0.407 e. The van der Waals surface area contributed by atoms with E-state index in [0.717, 1.165) is 5.56 Å². The van der Waals surface area contributed by atoms with E-state index in [2.05, 4.69) is 25.9 Å². The standard InChI is InChI=1S/C21H28FN5O3.HI/c1-21(2,3)30-20(28)25-12-11-24-19(23-4)27-14-15-5-10-18(26-13-15)29-17-8-6-16(22)7-9-17;/h5-10,13H,11-12,14H2,1-4H3,(H,25,28)(H2,23,24,27);1H. The molecular weight excluding hydrogens is 516 g/mol. The van der Waals surface area contributed by atoms with Gasteiger partial charge in [0.2, 0.25) is 5.88 Å². The van der Waals surface area contributed by atoms with Crippen molar-refractivity contribution in [3.63, 3.8) is 0 Å². The van der Waals surface area contributed by atoms with E-state index in [1.807, 2.05) is 26.8 Å². The summed E-state index contributed by atoms with van der Waals surface area (Å²) in [6.45, 7) is 6.82. The molecule has 0 fully saturated rings. The highest BCUT2D eigenvalue weighted by Crippen LogP contribution is 2.19. The van der Waals surface area contributed by atoms with Gasteiger partial charge in [-0.2, -0.15) is 0 Å². The number of hydrogen-bond acceptors (Lipinski definition) is 5. The number of benzene rings is 1. The van der Waals surface area contributed by atoms with Crippen LogP contribution in [0.5, 0.6) is 11.6 Å². The van der Waals surface area contributed by atoms with Gasteiger partial charge in [0, 0.05) is 38.9 Å². The van der Waals surface area contributed by atoms with Crippen LogP contribution in [0.1, 0.15) is 26.3 Å². The molecule has 0 saturated heterocycles. The summed E-state index contributed by atoms with van der Waals surface area (Å²) in [5.74, 6) is 1.20. The first-order valence-corrected chi connectivity index (χ1v) is 9.55. The van der Waals surface area contributed by atoms with Crippen LogP contribution < -0.4 is 20.7 Å². The molecule has 0 bridgehead atoms. The van der Waals surface area contributed by atoms with Crippen molar-refractivity contribution in [3.05, 3.63) is 54.0 Å². The largest absolute Gasteiger partial charge is 0.444 e. The molecule has 0 radical (unpaired) electrons. The molecule has 0 saturated carbocycles. The molecule has 1 amide bonds. The van der Waals surface area contributed by atoms with Crippen LogP contribution >= 0.6 is 24.0 Å². The maximum absolute atomic E-state index is 12.9. The van der Waals surface area contributed by atoms with Gasteiger partial charge in [0.1, 0.15) is 17.2 Å². The summed E-state index contributed by atoms with van der Waals surface area (Å²) < 4.78 is 23.7. The third kappa shape index (κ3) is 10.8. The first kappa shape index (κ1) is 26.4. The Morgan fingerprint density at radius 1 is 1.06 bits per heavy atom. The fraction of sp³-hybridized carbons (Fsp3) is 0.381. The number of rotatable bonds is 7. The third-order valence-corrected chi connectivity index (χ3v) is 3.60. The van der Waals surface area contributed by atoms with Crippen LogP contribution in [0.25, 0.3) is 0 Å². The van der Waals surface area contributed by atoms with Crippen LogP contribution in [0.4, 0.5) is 9.18 Å². The van der Waals surface area contributed by atoms with Crippen LogP contribution in [0.15, 0.2) is 47.6 Å². The van der Waals surface area contributed by atoms with Gasteiger partial charge in [-0.05, 0) is 50.6 Å². The van der Waals surface area contributed by atoms with Crippen molar-refractivity contribution in [1.29, 1.82) is 0 Å². The zero-order chi connectivity index (χ0) is 22.0. The summed E-state index contributed by atoms with van der Waals surface area (Å²) in [5, 5.41) is 8.93. The lowest BCUT2D eigenvalue weighted by atomic mass is 10.2. The predicted octanol–water partition coefficient (Wildman–Crippen LogP) is 3.82. The van der Waals surface area contributed by atoms with Crippen molar-refractivity contribution in [3.8, 4) is 11.6 Å². The molecule has 1 heterocycles. The maximum atomic E-state index is 12.9. The number of pyridine rings is 1. The SMILES string of the molecule is CN=C(NCCNC(=O)OC(C)(C)C)NCc1ccc(Oc2ccc(F)cc2)nc1.I. The summed E-state index contributed by atoms with van der Waals surface area (Å²) in [7, 11) is 1.66. The van der Waals surface area contributed by atoms with Crippen LogP contribution in [0, 0.1) is 5.82 Å². The first-order valence-electron chi connectivity index (χ1n) is 9.55. The van der Waals surface area contributed by atoms with Gasteiger partial charge in [-0.3, -0.25) is 4.99 Å². The molecule has 2 rings (SSSR count). The molecule has 0 spiro atoms. The van der Waals surface area contributed by atoms with Gasteiger partial charge in [0.05, 0.1) is 0 Å². The van der Waals surface area contributed by atoms with Gasteiger partial charge < -0.3 is 25.4 Å². The number of halogens is 2. The first-order chi connectivity index (χ1) is 14.2. The lowest BCUT2D eigenvalue weighted by molar-refractivity contribution is 0.0529. The van der Waals surface area contributed by atoms with Crippen molar-refractivity contribution < 1.29 is 18.7 Å². The number of ether oxygens (including phenoxy) is 2. The molecule has 10 heteroatoms. The normalized spacial score (nSPS) is 11.2. The molecule has 0 atom stereocenters. The summed E-state index contributed by atoms with van der Waals surface area (Å²) in [4.78, 5) is 20.0. The summed E-state index contributed by atoms with van der Waals surface area (Å²) >= 11 is 0. The quantitative estimate of drug-likeness (QED) is 0.212. The Bertz CT molecular complexity index is 840. The second-order valence-corrected chi connectivity index (χ2v) is 7.34. The lowest BCUT2D eigenvalue weighted by Crippen LogP contribution is -2.42. The minimum atomic E-state index is -0.525. The smallest absolute Gasteiger partial charge is 0.407 e. The van der Waals surface area contributed by atoms with E-state index in [1.54, 1.807) is 31.4 Å². The average Bonchev–Trinajstić information content (AvgIpc) is 2.69. The fourth-order valence-corrected chi connectivity index (χ4v) is 2.27. The van der Waals surface area contributed by atoms with E-state index >= 15 is 0 Å². The van der Waals surface area contributed by atoms with Gasteiger partial charge >= 0.3 is 6.09 Å². The zero-order valence-corrected chi connectivity index (χ0v) is 20.4. The van der Waals surface area contributed by atoms with Crippen LogP contribution in [0.3, 0.4) is 0 Å². The van der Waals surface area contributed by atoms with E-state index in [0.29, 0.717) is 37.2 Å². The summed E-state index contributed by atoms with van der Waals surface area (Å²) in [6.07, 6.45) is 1.23. The van der Waals surface area contributed by atoms with Gasteiger partial charge in [0.15, 0.2) is 5.96 Å². The van der Waals surface area contributed by atoms with Crippen LogP contribution in [-0.2, 0) is 11.3 Å². The molecule has 0 aliphatic rings. The number of guanidine groups is 1.